The van der Waals surface area contributed by atoms with Crippen LogP contribution in [-0.2, 0) is 4.79 Å². The molecule has 0 aliphatic rings. The van der Waals surface area contributed by atoms with Gasteiger partial charge in [-0.3, -0.25) is 9.59 Å². The molecule has 1 atom stereocenters. The number of carboxylic acid groups (broad SMARTS) is 1. The number of methoxy groups -OCH3 is 1. The normalized spacial score (nSPS) is 11.7. The Morgan fingerprint density at radius 2 is 1.64 bits per heavy atom. The lowest BCUT2D eigenvalue weighted by Gasteiger charge is -2.13. The second-order valence-corrected chi connectivity index (χ2v) is 10.5. The molecule has 1 amide bonds. The average Bonchev–Trinajstić information content (AvgIpc) is 3.41. The van der Waals surface area contributed by atoms with Crippen LogP contribution in [0.5, 0.6) is 17.2 Å². The molecular weight excluding hydrogens is 577 g/mol. The third-order valence-electron chi connectivity index (χ3n) is 6.83. The summed E-state index contributed by atoms with van der Waals surface area (Å²) in [5.41, 5.74) is 2.69. The predicted octanol–water partition coefficient (Wildman–Crippen LogP) is 7.64. The minimum atomic E-state index is -0.892. The molecule has 0 radical (unpaired) electrons. The van der Waals surface area contributed by atoms with Gasteiger partial charge in [0.25, 0.3) is 5.91 Å². The minimum absolute atomic E-state index is 0.264. The molecule has 2 N–H and O–H groups in total. The number of benzene rings is 4. The molecule has 42 heavy (non-hydrogen) atoms. The van der Waals surface area contributed by atoms with Gasteiger partial charge >= 0.3 is 5.97 Å². The van der Waals surface area contributed by atoms with Crippen molar-refractivity contribution in [3.63, 3.8) is 0 Å². The van der Waals surface area contributed by atoms with Crippen LogP contribution in [0.1, 0.15) is 23.7 Å². The summed E-state index contributed by atoms with van der Waals surface area (Å²) in [6, 6.07) is 23.9. The van der Waals surface area contributed by atoms with E-state index in [4.69, 9.17) is 37.8 Å². The van der Waals surface area contributed by atoms with E-state index in [-0.39, 0.29) is 12.5 Å². The van der Waals surface area contributed by atoms with Crippen molar-refractivity contribution in [2.24, 2.45) is 5.92 Å². The van der Waals surface area contributed by atoms with Crippen LogP contribution in [0.2, 0.25) is 10.0 Å². The van der Waals surface area contributed by atoms with E-state index in [9.17, 15) is 9.59 Å². The van der Waals surface area contributed by atoms with Crippen LogP contribution in [0, 0.1) is 5.92 Å². The fourth-order valence-electron chi connectivity index (χ4n) is 4.41. The van der Waals surface area contributed by atoms with Gasteiger partial charge < -0.3 is 19.9 Å². The van der Waals surface area contributed by atoms with E-state index in [0.717, 1.165) is 22.1 Å². The highest BCUT2D eigenvalue weighted by Crippen LogP contribution is 2.38. The number of halogens is 2. The van der Waals surface area contributed by atoms with Gasteiger partial charge in [0.15, 0.2) is 5.75 Å². The molecular formula is C32H27Cl2N3O5. The van der Waals surface area contributed by atoms with Crippen molar-refractivity contribution in [2.45, 2.75) is 13.3 Å². The molecule has 1 heterocycles. The molecule has 5 rings (SSSR count). The summed E-state index contributed by atoms with van der Waals surface area (Å²) < 4.78 is 13.4. The van der Waals surface area contributed by atoms with Crippen LogP contribution in [0.3, 0.4) is 0 Å². The molecule has 4 aromatic carbocycles. The van der Waals surface area contributed by atoms with Gasteiger partial charge in [-0.1, -0.05) is 48.3 Å². The number of nitrogens with zero attached hydrogens (tertiary/aromatic N) is 2. The van der Waals surface area contributed by atoms with E-state index in [1.165, 1.54) is 0 Å². The van der Waals surface area contributed by atoms with Crippen LogP contribution in [0.25, 0.3) is 27.7 Å². The third-order valence-corrected chi connectivity index (χ3v) is 7.57. The smallest absolute Gasteiger partial charge is 0.306 e. The lowest BCUT2D eigenvalue weighted by molar-refractivity contribution is -0.141. The van der Waals surface area contributed by atoms with Crippen molar-refractivity contribution >= 4 is 45.9 Å². The lowest BCUT2D eigenvalue weighted by Crippen LogP contribution is -2.26. The first-order chi connectivity index (χ1) is 20.2. The molecule has 5 aromatic rings. The Morgan fingerprint density at radius 1 is 0.929 bits per heavy atom. The maximum atomic E-state index is 12.5. The summed E-state index contributed by atoms with van der Waals surface area (Å²) in [5.74, 6) is 0.0504. The van der Waals surface area contributed by atoms with Crippen LogP contribution < -0.4 is 14.8 Å². The van der Waals surface area contributed by atoms with Crippen LogP contribution in [0.4, 0.5) is 0 Å². The molecule has 0 bridgehead atoms. The molecule has 0 aliphatic carbocycles. The standard InChI is InChI=1S/C32H27Cl2N3O5/c1-19(32(39)40)13-14-35-31(38)20-5-9-25(10-6-20)42-29-18-36-37(24-8-12-27(33)28(34)17-24)30(29)23-4-3-22-16-26(41-2)11-7-21(22)15-23/h3-12,15-19H,13-14H2,1-2H3,(H,35,38)(H,39,40)/t19-/m1/s1. The van der Waals surface area contributed by atoms with Gasteiger partial charge in [-0.15, -0.1) is 0 Å². The SMILES string of the molecule is COc1ccc2cc(-c3c(Oc4ccc(C(=O)NCC[C@@H](C)C(=O)O)cc4)cnn3-c3ccc(Cl)c(Cl)c3)ccc2c1. The lowest BCUT2D eigenvalue weighted by atomic mass is 10.0. The maximum absolute atomic E-state index is 12.5. The van der Waals surface area contributed by atoms with E-state index >= 15 is 0 Å². The summed E-state index contributed by atoms with van der Waals surface area (Å²) in [7, 11) is 1.64. The summed E-state index contributed by atoms with van der Waals surface area (Å²) in [6.07, 6.45) is 1.97. The van der Waals surface area contributed by atoms with Crippen molar-refractivity contribution in [2.75, 3.05) is 13.7 Å². The highest BCUT2D eigenvalue weighted by Gasteiger charge is 2.19. The fourth-order valence-corrected chi connectivity index (χ4v) is 4.70. The molecule has 8 nitrogen and oxygen atoms in total. The van der Waals surface area contributed by atoms with Gasteiger partial charge in [-0.2, -0.15) is 5.10 Å². The van der Waals surface area contributed by atoms with Crippen molar-refractivity contribution in [1.82, 2.24) is 15.1 Å². The Balaban J connectivity index is 1.45. The maximum Gasteiger partial charge on any atom is 0.306 e. The molecule has 0 saturated heterocycles. The molecule has 10 heteroatoms. The first-order valence-electron chi connectivity index (χ1n) is 13.1. The Bertz CT molecular complexity index is 1770. The van der Waals surface area contributed by atoms with E-state index in [2.05, 4.69) is 10.4 Å². The van der Waals surface area contributed by atoms with Crippen molar-refractivity contribution in [3.05, 3.63) is 101 Å². The van der Waals surface area contributed by atoms with Gasteiger partial charge in [-0.05, 0) is 77.9 Å². The van der Waals surface area contributed by atoms with Crippen molar-refractivity contribution in [1.29, 1.82) is 0 Å². The van der Waals surface area contributed by atoms with Crippen molar-refractivity contribution in [3.8, 4) is 34.2 Å². The highest BCUT2D eigenvalue weighted by atomic mass is 35.5. The van der Waals surface area contributed by atoms with Gasteiger partial charge in [0.05, 0.1) is 35.0 Å². The van der Waals surface area contributed by atoms with E-state index in [1.807, 2.05) is 42.5 Å². The van der Waals surface area contributed by atoms with Crippen LogP contribution in [-0.4, -0.2) is 40.4 Å². The fraction of sp³-hybridized carbons (Fsp3) is 0.156. The number of carbonyl (C=O) groups excluding carboxylic acids is 1. The second kappa shape index (κ2) is 12.5. The summed E-state index contributed by atoms with van der Waals surface area (Å²) in [6.45, 7) is 1.87. The zero-order valence-electron chi connectivity index (χ0n) is 22.8. The summed E-state index contributed by atoms with van der Waals surface area (Å²) in [5, 5.41) is 19.2. The minimum Gasteiger partial charge on any atom is -0.497 e. The van der Waals surface area contributed by atoms with Gasteiger partial charge in [0.1, 0.15) is 17.2 Å². The summed E-state index contributed by atoms with van der Waals surface area (Å²) in [4.78, 5) is 23.5. The second-order valence-electron chi connectivity index (χ2n) is 9.71. The van der Waals surface area contributed by atoms with Gasteiger partial charge in [0.2, 0.25) is 0 Å². The number of carboxylic acids is 1. The van der Waals surface area contributed by atoms with E-state index in [0.29, 0.717) is 44.9 Å². The Labute approximate surface area is 252 Å². The molecule has 214 valence electrons. The van der Waals surface area contributed by atoms with E-state index < -0.39 is 11.9 Å². The van der Waals surface area contributed by atoms with Crippen molar-refractivity contribution < 1.29 is 24.2 Å². The Hall–Kier alpha value is -4.53. The zero-order valence-corrected chi connectivity index (χ0v) is 24.3. The number of hydrogen-bond donors (Lipinski definition) is 2. The van der Waals surface area contributed by atoms with E-state index in [1.54, 1.807) is 61.3 Å². The molecule has 0 fully saturated rings. The Kier molecular flexibility index (Phi) is 8.66. The number of ether oxygens (including phenoxy) is 2. The number of fused-ring (bicyclic) bond motifs is 1. The predicted molar refractivity (Wildman–Crippen MR) is 163 cm³/mol. The van der Waals surface area contributed by atoms with Gasteiger partial charge in [0, 0.05) is 17.7 Å². The van der Waals surface area contributed by atoms with Crippen LogP contribution in [0.15, 0.2) is 85.1 Å². The summed E-state index contributed by atoms with van der Waals surface area (Å²) >= 11 is 12.5. The average molecular weight is 604 g/mol. The first kappa shape index (κ1) is 29.0. The molecule has 0 unspecified atom stereocenters. The topological polar surface area (TPSA) is 103 Å². The zero-order chi connectivity index (χ0) is 29.8. The molecule has 0 aliphatic heterocycles. The van der Waals surface area contributed by atoms with Crippen LogP contribution >= 0.6 is 23.2 Å². The molecule has 0 spiro atoms. The Morgan fingerprint density at radius 3 is 2.36 bits per heavy atom. The number of aliphatic carboxylic acids is 1. The molecule has 1 aromatic heterocycles. The number of rotatable bonds is 10. The van der Waals surface area contributed by atoms with Gasteiger partial charge in [-0.25, -0.2) is 4.68 Å². The number of aromatic nitrogens is 2. The molecule has 0 saturated carbocycles. The monoisotopic (exact) mass is 603 g/mol. The number of amides is 1. The number of nitrogens with one attached hydrogen (secondary N) is 1. The number of hydrogen-bond acceptors (Lipinski definition) is 5. The largest absolute Gasteiger partial charge is 0.497 e. The first-order valence-corrected chi connectivity index (χ1v) is 13.9. The third kappa shape index (κ3) is 6.35. The quantitative estimate of drug-likeness (QED) is 0.170. The highest BCUT2D eigenvalue weighted by molar-refractivity contribution is 6.42. The number of carbonyl (C=O) groups is 2.